The van der Waals surface area contributed by atoms with E-state index in [4.69, 9.17) is 5.11 Å². The minimum absolute atomic E-state index is 1.02. The Morgan fingerprint density at radius 1 is 1.00 bits per heavy atom. The highest BCUT2D eigenvalue weighted by Gasteiger charge is 1.95. The predicted molar refractivity (Wildman–Crippen MR) is 59.0 cm³/mol. The average molecular weight is 184 g/mol. The molecule has 0 saturated heterocycles. The minimum Gasteiger partial charge on any atom is -0.516 e. The van der Waals surface area contributed by atoms with E-state index >= 15 is 0 Å². The summed E-state index contributed by atoms with van der Waals surface area (Å²) >= 11 is 0. The highest BCUT2D eigenvalue weighted by molar-refractivity contribution is 4.70. The smallest absolute Gasteiger partial charge is 0.0751 e. The molecule has 0 unspecified atom stereocenters. The fourth-order valence-corrected chi connectivity index (χ4v) is 1.47. The summed E-state index contributed by atoms with van der Waals surface area (Å²) in [6, 6.07) is 0. The zero-order valence-electron chi connectivity index (χ0n) is 8.97. The van der Waals surface area contributed by atoms with Crippen LogP contribution in [-0.2, 0) is 0 Å². The monoisotopic (exact) mass is 184 g/mol. The molecule has 1 nitrogen and oxygen atoms in total. The third-order valence-corrected chi connectivity index (χ3v) is 2.33. The van der Waals surface area contributed by atoms with E-state index in [1.807, 2.05) is 0 Å². The fraction of sp³-hybridized carbons (Fsp3) is 0.833. The van der Waals surface area contributed by atoms with Crippen molar-refractivity contribution in [1.82, 2.24) is 0 Å². The van der Waals surface area contributed by atoms with Gasteiger partial charge in [-0.1, -0.05) is 57.9 Å². The van der Waals surface area contributed by atoms with E-state index < -0.39 is 0 Å². The summed E-state index contributed by atoms with van der Waals surface area (Å²) in [5.74, 6) is 0. The Labute approximate surface area is 82.9 Å². The fourth-order valence-electron chi connectivity index (χ4n) is 1.47. The normalized spacial score (nSPS) is 15.8. The SMILES string of the molecule is C1CCCC1.CCCCCC=CO. The predicted octanol–water partition coefficient (Wildman–Crippen LogP) is 4.59. The lowest BCUT2D eigenvalue weighted by Crippen LogP contribution is -1.69. The Bertz CT molecular complexity index is 96.1. The van der Waals surface area contributed by atoms with Crippen molar-refractivity contribution in [2.75, 3.05) is 0 Å². The Balaban J connectivity index is 0.000000243. The van der Waals surface area contributed by atoms with E-state index in [2.05, 4.69) is 6.92 Å². The number of aliphatic hydroxyl groups excluding tert-OH is 1. The lowest BCUT2D eigenvalue weighted by molar-refractivity contribution is 0.470. The second-order valence-corrected chi connectivity index (χ2v) is 3.65. The summed E-state index contributed by atoms with van der Waals surface area (Å²) in [6.45, 7) is 2.17. The quantitative estimate of drug-likeness (QED) is 0.500. The molecule has 1 aliphatic carbocycles. The van der Waals surface area contributed by atoms with Gasteiger partial charge in [0.2, 0.25) is 0 Å². The van der Waals surface area contributed by atoms with Gasteiger partial charge in [-0.2, -0.15) is 0 Å². The van der Waals surface area contributed by atoms with Crippen molar-refractivity contribution in [1.29, 1.82) is 0 Å². The molecular formula is C12H24O. The number of unbranched alkanes of at least 4 members (excludes halogenated alkanes) is 3. The topological polar surface area (TPSA) is 20.2 Å². The molecule has 1 fully saturated rings. The van der Waals surface area contributed by atoms with Gasteiger partial charge in [-0.15, -0.1) is 0 Å². The Kier molecular flexibility index (Phi) is 11.1. The van der Waals surface area contributed by atoms with Crippen molar-refractivity contribution < 1.29 is 5.11 Å². The summed E-state index contributed by atoms with van der Waals surface area (Å²) in [5.41, 5.74) is 0. The van der Waals surface area contributed by atoms with Crippen molar-refractivity contribution in [2.24, 2.45) is 0 Å². The molecule has 1 heteroatoms. The Hall–Kier alpha value is -0.460. The molecule has 0 amide bonds. The molecule has 0 aromatic carbocycles. The second kappa shape index (κ2) is 11.5. The first-order valence-electron chi connectivity index (χ1n) is 5.71. The van der Waals surface area contributed by atoms with E-state index in [1.54, 1.807) is 6.08 Å². The van der Waals surface area contributed by atoms with Gasteiger partial charge in [0.1, 0.15) is 0 Å². The van der Waals surface area contributed by atoms with Crippen LogP contribution < -0.4 is 0 Å². The maximum absolute atomic E-state index is 8.19. The molecule has 0 aromatic rings. The standard InChI is InChI=1S/C7H14O.C5H10/c1-2-3-4-5-6-7-8;1-2-4-5-3-1/h6-8H,2-5H2,1H3;1-5H2. The van der Waals surface area contributed by atoms with Crippen LogP contribution in [-0.4, -0.2) is 5.11 Å². The summed E-state index contributed by atoms with van der Waals surface area (Å²) in [7, 11) is 0. The molecule has 0 bridgehead atoms. The molecular weight excluding hydrogens is 160 g/mol. The van der Waals surface area contributed by atoms with Crippen LogP contribution in [0.1, 0.15) is 64.7 Å². The van der Waals surface area contributed by atoms with Gasteiger partial charge in [-0.25, -0.2) is 0 Å². The molecule has 1 aliphatic rings. The van der Waals surface area contributed by atoms with Crippen LogP contribution in [0.15, 0.2) is 12.3 Å². The van der Waals surface area contributed by atoms with Crippen LogP contribution in [0.3, 0.4) is 0 Å². The molecule has 0 spiro atoms. The van der Waals surface area contributed by atoms with Crippen LogP contribution in [0.4, 0.5) is 0 Å². The van der Waals surface area contributed by atoms with Gasteiger partial charge in [0.05, 0.1) is 6.26 Å². The number of rotatable bonds is 4. The molecule has 0 radical (unpaired) electrons. The van der Waals surface area contributed by atoms with Crippen LogP contribution >= 0.6 is 0 Å². The first-order valence-corrected chi connectivity index (χ1v) is 5.71. The first-order chi connectivity index (χ1) is 6.41. The van der Waals surface area contributed by atoms with Gasteiger partial charge in [-0.3, -0.25) is 0 Å². The first kappa shape index (κ1) is 12.5. The maximum Gasteiger partial charge on any atom is 0.0751 e. The Morgan fingerprint density at radius 2 is 1.54 bits per heavy atom. The van der Waals surface area contributed by atoms with E-state index in [1.165, 1.54) is 51.4 Å². The molecule has 13 heavy (non-hydrogen) atoms. The number of hydrogen-bond acceptors (Lipinski definition) is 1. The van der Waals surface area contributed by atoms with Gasteiger partial charge in [-0.05, 0) is 12.8 Å². The van der Waals surface area contributed by atoms with Gasteiger partial charge < -0.3 is 5.11 Å². The van der Waals surface area contributed by atoms with Gasteiger partial charge in [0, 0.05) is 0 Å². The lowest BCUT2D eigenvalue weighted by atomic mass is 10.2. The van der Waals surface area contributed by atoms with Gasteiger partial charge in [0.15, 0.2) is 0 Å². The zero-order valence-corrected chi connectivity index (χ0v) is 8.97. The summed E-state index contributed by atoms with van der Waals surface area (Å²) in [6.07, 6.45) is 15.1. The lowest BCUT2D eigenvalue weighted by Gasteiger charge is -1.88. The molecule has 0 aromatic heterocycles. The molecule has 78 valence electrons. The molecule has 1 saturated carbocycles. The van der Waals surface area contributed by atoms with Crippen LogP contribution in [0.25, 0.3) is 0 Å². The van der Waals surface area contributed by atoms with E-state index in [-0.39, 0.29) is 0 Å². The number of hydrogen-bond donors (Lipinski definition) is 1. The number of aliphatic hydroxyl groups is 1. The number of allylic oxidation sites excluding steroid dienone is 1. The Morgan fingerprint density at radius 3 is 1.92 bits per heavy atom. The van der Waals surface area contributed by atoms with Crippen LogP contribution in [0.5, 0.6) is 0 Å². The van der Waals surface area contributed by atoms with Crippen molar-refractivity contribution in [3.63, 3.8) is 0 Å². The molecule has 0 heterocycles. The minimum atomic E-state index is 1.02. The zero-order chi connectivity index (χ0) is 9.78. The van der Waals surface area contributed by atoms with Crippen LogP contribution in [0.2, 0.25) is 0 Å². The third-order valence-electron chi connectivity index (χ3n) is 2.33. The molecule has 1 N–H and O–H groups in total. The summed E-state index contributed by atoms with van der Waals surface area (Å²) in [5, 5.41) is 8.19. The summed E-state index contributed by atoms with van der Waals surface area (Å²) in [4.78, 5) is 0. The molecule has 1 rings (SSSR count). The van der Waals surface area contributed by atoms with E-state index in [0.717, 1.165) is 12.7 Å². The maximum atomic E-state index is 8.19. The third kappa shape index (κ3) is 11.5. The van der Waals surface area contributed by atoms with Crippen LogP contribution in [0, 0.1) is 0 Å². The van der Waals surface area contributed by atoms with Gasteiger partial charge in [0.25, 0.3) is 0 Å². The van der Waals surface area contributed by atoms with Crippen molar-refractivity contribution in [2.45, 2.75) is 64.7 Å². The molecule has 0 aliphatic heterocycles. The van der Waals surface area contributed by atoms with Crippen molar-refractivity contribution >= 4 is 0 Å². The second-order valence-electron chi connectivity index (χ2n) is 3.65. The van der Waals surface area contributed by atoms with Gasteiger partial charge >= 0.3 is 0 Å². The highest BCUT2D eigenvalue weighted by Crippen LogP contribution is 2.15. The van der Waals surface area contributed by atoms with E-state index in [9.17, 15) is 0 Å². The largest absolute Gasteiger partial charge is 0.516 e. The van der Waals surface area contributed by atoms with Crippen molar-refractivity contribution in [3.05, 3.63) is 12.3 Å². The van der Waals surface area contributed by atoms with E-state index in [0.29, 0.717) is 0 Å². The highest BCUT2D eigenvalue weighted by atomic mass is 16.2. The molecule has 0 atom stereocenters. The van der Waals surface area contributed by atoms with Crippen molar-refractivity contribution in [3.8, 4) is 0 Å². The summed E-state index contributed by atoms with van der Waals surface area (Å²) < 4.78 is 0. The average Bonchev–Trinajstić information content (AvgIpc) is 2.70.